The lowest BCUT2D eigenvalue weighted by molar-refractivity contribution is -0.123. The summed E-state index contributed by atoms with van der Waals surface area (Å²) in [5.74, 6) is -1.39. The first-order valence-corrected chi connectivity index (χ1v) is 8.35. The molecular formula is C20H19N3O4. The van der Waals surface area contributed by atoms with Crippen LogP contribution in [-0.4, -0.2) is 29.5 Å². The molecule has 3 aromatic rings. The maximum absolute atomic E-state index is 12.0. The molecule has 0 saturated heterocycles. The van der Waals surface area contributed by atoms with Gasteiger partial charge >= 0.3 is 12.0 Å². The second kappa shape index (κ2) is 7.74. The lowest BCUT2D eigenvalue weighted by atomic mass is 10.1. The average Bonchev–Trinajstić information content (AvgIpc) is 3.06. The molecule has 7 heteroatoms. The van der Waals surface area contributed by atoms with Gasteiger partial charge in [0.1, 0.15) is 5.69 Å². The van der Waals surface area contributed by atoms with Crippen molar-refractivity contribution in [2.24, 2.45) is 0 Å². The molecule has 0 aliphatic heterocycles. The Morgan fingerprint density at radius 3 is 2.56 bits per heavy atom. The van der Waals surface area contributed by atoms with E-state index in [0.717, 1.165) is 22.0 Å². The van der Waals surface area contributed by atoms with Crippen LogP contribution in [0, 0.1) is 13.8 Å². The number of imide groups is 1. The number of aromatic nitrogens is 1. The number of hydrogen-bond acceptors (Lipinski definition) is 4. The number of urea groups is 1. The number of rotatable bonds is 4. The van der Waals surface area contributed by atoms with Crippen molar-refractivity contribution in [2.45, 2.75) is 13.8 Å². The molecule has 3 rings (SSSR count). The van der Waals surface area contributed by atoms with Gasteiger partial charge in [-0.05, 0) is 37.6 Å². The van der Waals surface area contributed by atoms with Gasteiger partial charge in [0.25, 0.3) is 5.91 Å². The quantitative estimate of drug-likeness (QED) is 0.618. The molecule has 0 aliphatic carbocycles. The first kappa shape index (κ1) is 18.2. The maximum Gasteiger partial charge on any atom is 0.355 e. The molecule has 0 saturated carbocycles. The van der Waals surface area contributed by atoms with Gasteiger partial charge in [-0.15, -0.1) is 0 Å². The number of esters is 1. The number of carbonyl (C=O) groups is 3. The predicted octanol–water partition coefficient (Wildman–Crippen LogP) is 3.29. The highest BCUT2D eigenvalue weighted by molar-refractivity contribution is 6.02. The number of H-pyrrole nitrogens is 1. The highest BCUT2D eigenvalue weighted by Crippen LogP contribution is 2.16. The number of benzene rings is 2. The number of amides is 3. The predicted molar refractivity (Wildman–Crippen MR) is 102 cm³/mol. The average molecular weight is 365 g/mol. The van der Waals surface area contributed by atoms with Crippen molar-refractivity contribution in [1.82, 2.24) is 10.3 Å². The number of hydrogen-bond donors (Lipinski definition) is 3. The number of aryl methyl sites for hydroxylation is 2. The molecule has 3 amide bonds. The van der Waals surface area contributed by atoms with E-state index in [1.54, 1.807) is 12.1 Å². The summed E-state index contributed by atoms with van der Waals surface area (Å²) in [6.45, 7) is 3.24. The molecule has 7 nitrogen and oxygen atoms in total. The van der Waals surface area contributed by atoms with Crippen molar-refractivity contribution in [3.63, 3.8) is 0 Å². The number of para-hydroxylation sites is 1. The highest BCUT2D eigenvalue weighted by atomic mass is 16.5. The van der Waals surface area contributed by atoms with E-state index in [1.165, 1.54) is 0 Å². The van der Waals surface area contributed by atoms with E-state index < -0.39 is 24.5 Å². The minimum atomic E-state index is -0.721. The summed E-state index contributed by atoms with van der Waals surface area (Å²) in [7, 11) is 0. The van der Waals surface area contributed by atoms with Crippen LogP contribution in [0.2, 0.25) is 0 Å². The van der Waals surface area contributed by atoms with Gasteiger partial charge in [0, 0.05) is 16.6 Å². The minimum absolute atomic E-state index is 0.240. The molecule has 27 heavy (non-hydrogen) atoms. The van der Waals surface area contributed by atoms with Crippen LogP contribution in [0.4, 0.5) is 10.5 Å². The number of nitrogens with one attached hydrogen (secondary N) is 3. The van der Waals surface area contributed by atoms with Crippen molar-refractivity contribution >= 4 is 34.5 Å². The summed E-state index contributed by atoms with van der Waals surface area (Å²) in [4.78, 5) is 38.7. The van der Waals surface area contributed by atoms with Crippen LogP contribution in [0.3, 0.4) is 0 Å². The van der Waals surface area contributed by atoms with Gasteiger partial charge < -0.3 is 15.0 Å². The Morgan fingerprint density at radius 1 is 1.04 bits per heavy atom. The van der Waals surface area contributed by atoms with Gasteiger partial charge in [-0.3, -0.25) is 10.1 Å². The van der Waals surface area contributed by atoms with E-state index in [1.807, 2.05) is 50.2 Å². The number of anilines is 1. The van der Waals surface area contributed by atoms with Crippen LogP contribution in [0.1, 0.15) is 21.6 Å². The Hall–Kier alpha value is -3.61. The van der Waals surface area contributed by atoms with Gasteiger partial charge in [0.15, 0.2) is 6.61 Å². The molecule has 138 valence electrons. The molecule has 2 aromatic carbocycles. The summed E-state index contributed by atoms with van der Waals surface area (Å²) in [5, 5.41) is 5.58. The van der Waals surface area contributed by atoms with Gasteiger partial charge in [0.2, 0.25) is 0 Å². The molecule has 0 bridgehead atoms. The molecule has 0 fully saturated rings. The molecule has 1 aromatic heterocycles. The lowest BCUT2D eigenvalue weighted by Gasteiger charge is -2.10. The summed E-state index contributed by atoms with van der Waals surface area (Å²) >= 11 is 0. The van der Waals surface area contributed by atoms with Crippen LogP contribution >= 0.6 is 0 Å². The van der Waals surface area contributed by atoms with Gasteiger partial charge in [-0.25, -0.2) is 9.59 Å². The number of carbonyl (C=O) groups excluding carboxylic acids is 3. The summed E-state index contributed by atoms with van der Waals surface area (Å²) in [5.41, 5.74) is 3.58. The fourth-order valence-corrected chi connectivity index (χ4v) is 2.66. The van der Waals surface area contributed by atoms with Crippen molar-refractivity contribution in [1.29, 1.82) is 0 Å². The number of ether oxygens (including phenoxy) is 1. The van der Waals surface area contributed by atoms with Crippen molar-refractivity contribution in [2.75, 3.05) is 11.9 Å². The fourth-order valence-electron chi connectivity index (χ4n) is 2.66. The van der Waals surface area contributed by atoms with E-state index >= 15 is 0 Å². The minimum Gasteiger partial charge on any atom is -0.451 e. The standard InChI is InChI=1S/C20H19N3O4/c1-12-7-8-15(13(2)9-12)22-20(26)23-18(24)11-27-19(25)17-10-14-5-3-4-6-16(14)21-17/h3-10,21H,11H2,1-2H3,(H2,22,23,24,26). The highest BCUT2D eigenvalue weighted by Gasteiger charge is 2.15. The Balaban J connectivity index is 1.51. The zero-order chi connectivity index (χ0) is 19.4. The van der Waals surface area contributed by atoms with Gasteiger partial charge in [-0.1, -0.05) is 35.9 Å². The largest absolute Gasteiger partial charge is 0.451 e. The lowest BCUT2D eigenvalue weighted by Crippen LogP contribution is -2.37. The second-order valence-corrected chi connectivity index (χ2v) is 6.17. The SMILES string of the molecule is Cc1ccc(NC(=O)NC(=O)COC(=O)c2cc3ccccc3[nH]2)c(C)c1. The molecule has 0 unspecified atom stereocenters. The fraction of sp³-hybridized carbons (Fsp3) is 0.150. The van der Waals surface area contributed by atoms with Gasteiger partial charge in [-0.2, -0.15) is 0 Å². The van der Waals surface area contributed by atoms with Crippen LogP contribution in [0.15, 0.2) is 48.5 Å². The van der Waals surface area contributed by atoms with Crippen LogP contribution in [0.5, 0.6) is 0 Å². The van der Waals surface area contributed by atoms with Crippen LogP contribution in [-0.2, 0) is 9.53 Å². The Labute approximate surface area is 155 Å². The molecule has 0 spiro atoms. The first-order valence-electron chi connectivity index (χ1n) is 8.35. The van der Waals surface area contributed by atoms with Crippen molar-refractivity contribution < 1.29 is 19.1 Å². The molecule has 1 heterocycles. The summed E-state index contributed by atoms with van der Waals surface area (Å²) in [6.07, 6.45) is 0. The summed E-state index contributed by atoms with van der Waals surface area (Å²) in [6, 6.07) is 13.9. The molecule has 3 N–H and O–H groups in total. The van der Waals surface area contributed by atoms with Crippen molar-refractivity contribution in [3.8, 4) is 0 Å². The van der Waals surface area contributed by atoms with Crippen molar-refractivity contribution in [3.05, 3.63) is 65.4 Å². The molecular weight excluding hydrogens is 346 g/mol. The first-order chi connectivity index (χ1) is 12.9. The third-order valence-electron chi connectivity index (χ3n) is 3.97. The maximum atomic E-state index is 12.0. The van der Waals surface area contributed by atoms with E-state index in [-0.39, 0.29) is 5.69 Å². The third kappa shape index (κ3) is 4.52. The zero-order valence-corrected chi connectivity index (χ0v) is 15.0. The van der Waals surface area contributed by atoms with Crippen LogP contribution < -0.4 is 10.6 Å². The van der Waals surface area contributed by atoms with E-state index in [0.29, 0.717) is 5.69 Å². The van der Waals surface area contributed by atoms with Crippen LogP contribution in [0.25, 0.3) is 10.9 Å². The normalized spacial score (nSPS) is 10.4. The number of fused-ring (bicyclic) bond motifs is 1. The Kier molecular flexibility index (Phi) is 5.21. The topological polar surface area (TPSA) is 100 Å². The van der Waals surface area contributed by atoms with E-state index in [9.17, 15) is 14.4 Å². The van der Waals surface area contributed by atoms with E-state index in [4.69, 9.17) is 4.74 Å². The summed E-state index contributed by atoms with van der Waals surface area (Å²) < 4.78 is 4.95. The molecule has 0 atom stereocenters. The Bertz CT molecular complexity index is 990. The second-order valence-electron chi connectivity index (χ2n) is 6.17. The molecule has 0 radical (unpaired) electrons. The number of aromatic amines is 1. The molecule has 0 aliphatic rings. The zero-order valence-electron chi connectivity index (χ0n) is 15.0. The van der Waals surface area contributed by atoms with E-state index in [2.05, 4.69) is 15.6 Å². The third-order valence-corrected chi connectivity index (χ3v) is 3.97. The van der Waals surface area contributed by atoms with Gasteiger partial charge in [0.05, 0.1) is 0 Å². The smallest absolute Gasteiger partial charge is 0.355 e. The monoisotopic (exact) mass is 365 g/mol. The Morgan fingerprint density at radius 2 is 1.81 bits per heavy atom.